The van der Waals surface area contributed by atoms with Crippen LogP contribution in [-0.2, 0) is 14.3 Å². The van der Waals surface area contributed by atoms with Crippen LogP contribution in [0.4, 0.5) is 8.78 Å². The van der Waals surface area contributed by atoms with Crippen molar-refractivity contribution in [2.45, 2.75) is 51.5 Å². The van der Waals surface area contributed by atoms with Crippen molar-refractivity contribution < 1.29 is 27.8 Å². The van der Waals surface area contributed by atoms with Gasteiger partial charge >= 0.3 is 11.9 Å². The minimum Gasteiger partial charge on any atom is -0.466 e. The number of carbonyl (C=O) groups excluding carboxylic acids is 2. The number of aromatic nitrogens is 3. The van der Waals surface area contributed by atoms with Crippen LogP contribution in [0, 0.1) is 24.5 Å². The number of methoxy groups -OCH3 is 1. The van der Waals surface area contributed by atoms with Gasteiger partial charge in [0.25, 0.3) is 0 Å². The predicted molar refractivity (Wildman–Crippen MR) is 155 cm³/mol. The van der Waals surface area contributed by atoms with E-state index in [1.807, 2.05) is 0 Å². The number of hydrogen-bond acceptors (Lipinski definition) is 10. The Morgan fingerprint density at radius 2 is 1.86 bits per heavy atom. The van der Waals surface area contributed by atoms with E-state index in [1.54, 1.807) is 31.6 Å². The van der Waals surface area contributed by atoms with Crippen LogP contribution in [0.3, 0.4) is 0 Å². The number of esters is 2. The molecule has 0 amide bonds. The summed E-state index contributed by atoms with van der Waals surface area (Å²) in [7, 11) is 1.27. The van der Waals surface area contributed by atoms with Crippen LogP contribution < -0.4 is 5.32 Å². The van der Waals surface area contributed by atoms with E-state index in [2.05, 4.69) is 36.2 Å². The summed E-state index contributed by atoms with van der Waals surface area (Å²) in [6, 6.07) is 1.46. The molecule has 0 spiro atoms. The molecule has 0 saturated heterocycles. The van der Waals surface area contributed by atoms with Gasteiger partial charge in [0.15, 0.2) is 28.2 Å². The number of halogens is 3. The summed E-state index contributed by atoms with van der Waals surface area (Å²) >= 11 is 4.54. The zero-order valence-electron chi connectivity index (χ0n) is 23.1. The Hall–Kier alpha value is -3.58. The maximum Gasteiger partial charge on any atom is 0.357 e. The number of nitrogens with zero attached hydrogens (tertiary/aromatic N) is 4. The number of carbonyl (C=O) groups is 2. The summed E-state index contributed by atoms with van der Waals surface area (Å²) in [5.41, 5.74) is 2.03. The molecular formula is C29H28BrF2N5O4S. The molecule has 2 aliphatic rings. The number of thiazole rings is 1. The molecule has 1 atom stereocenters. The number of aryl methyl sites for hydroxylation is 1. The lowest BCUT2D eigenvalue weighted by molar-refractivity contribution is -0.136. The topological polar surface area (TPSA) is 116 Å². The van der Waals surface area contributed by atoms with Gasteiger partial charge in [-0.1, -0.05) is 6.07 Å². The van der Waals surface area contributed by atoms with Crippen LogP contribution in [0.25, 0.3) is 0 Å². The van der Waals surface area contributed by atoms with E-state index in [1.165, 1.54) is 24.5 Å². The molecule has 9 nitrogen and oxygen atoms in total. The minimum atomic E-state index is -1.07. The number of benzene rings is 1. The van der Waals surface area contributed by atoms with Crippen LogP contribution >= 0.6 is 27.3 Å². The third-order valence-electron chi connectivity index (χ3n) is 7.43. The first kappa shape index (κ1) is 29.9. The van der Waals surface area contributed by atoms with Gasteiger partial charge in [-0.15, -0.1) is 11.3 Å². The van der Waals surface area contributed by atoms with Gasteiger partial charge in [0.1, 0.15) is 11.9 Å². The largest absolute Gasteiger partial charge is 0.466 e. The smallest absolute Gasteiger partial charge is 0.357 e. The molecule has 2 aromatic heterocycles. The molecule has 42 heavy (non-hydrogen) atoms. The third kappa shape index (κ3) is 5.84. The highest BCUT2D eigenvalue weighted by Gasteiger charge is 2.38. The van der Waals surface area contributed by atoms with Crippen molar-refractivity contribution in [3.05, 3.63) is 84.9 Å². The van der Waals surface area contributed by atoms with Crippen LogP contribution in [0.15, 0.2) is 50.6 Å². The predicted octanol–water partition coefficient (Wildman–Crippen LogP) is 5.95. The highest BCUT2D eigenvalue weighted by atomic mass is 79.9. The molecule has 1 fully saturated rings. The molecule has 1 saturated carbocycles. The Bertz CT molecular complexity index is 1570. The van der Waals surface area contributed by atoms with Crippen molar-refractivity contribution in [1.29, 1.82) is 0 Å². The highest BCUT2D eigenvalue weighted by molar-refractivity contribution is 9.10. The lowest BCUT2D eigenvalue weighted by Crippen LogP contribution is -2.37. The lowest BCUT2D eigenvalue weighted by Gasteiger charge is -2.35. The molecular weight excluding hydrogens is 632 g/mol. The average Bonchev–Trinajstić information content (AvgIpc) is 3.55. The number of rotatable bonds is 7. The van der Waals surface area contributed by atoms with Crippen molar-refractivity contribution in [2.24, 2.45) is 10.9 Å². The number of allylic oxidation sites excluding steroid dienone is 1. The van der Waals surface area contributed by atoms with Gasteiger partial charge in [0.2, 0.25) is 0 Å². The minimum absolute atomic E-state index is 0.00373. The SMILES string of the molecule is CCOC(=O)c1nc(C2CCC(C3=C(C(=O)OC)C(c4ccc(F)c(F)c4Br)N=C(c4nccs4)N3)CC2)ncc1C. The van der Waals surface area contributed by atoms with Crippen molar-refractivity contribution >= 4 is 45.0 Å². The van der Waals surface area contributed by atoms with E-state index in [0.717, 1.165) is 6.07 Å². The van der Waals surface area contributed by atoms with Crippen LogP contribution in [-0.4, -0.2) is 46.4 Å². The zero-order chi connectivity index (χ0) is 30.0. The molecule has 1 unspecified atom stereocenters. The second-order valence-electron chi connectivity index (χ2n) is 9.95. The summed E-state index contributed by atoms with van der Waals surface area (Å²) in [5.74, 6) is -2.28. The Morgan fingerprint density at radius 1 is 1.12 bits per heavy atom. The van der Waals surface area contributed by atoms with E-state index in [-0.39, 0.29) is 39.7 Å². The lowest BCUT2D eigenvalue weighted by atomic mass is 9.77. The summed E-state index contributed by atoms with van der Waals surface area (Å²) in [4.78, 5) is 43.8. The van der Waals surface area contributed by atoms with Gasteiger partial charge in [-0.2, -0.15) is 0 Å². The van der Waals surface area contributed by atoms with E-state index in [0.29, 0.717) is 53.6 Å². The molecule has 220 valence electrons. The number of ether oxygens (including phenoxy) is 2. The fourth-order valence-corrected chi connectivity index (χ4v) is 6.47. The van der Waals surface area contributed by atoms with E-state index < -0.39 is 29.6 Å². The van der Waals surface area contributed by atoms with Gasteiger partial charge < -0.3 is 14.8 Å². The van der Waals surface area contributed by atoms with E-state index in [4.69, 9.17) is 14.5 Å². The molecule has 1 aliphatic heterocycles. The molecule has 0 bridgehead atoms. The van der Waals surface area contributed by atoms with Crippen molar-refractivity contribution in [3.8, 4) is 0 Å². The normalized spacial score (nSPS) is 20.5. The number of aliphatic imine (C=N–C) groups is 1. The van der Waals surface area contributed by atoms with Gasteiger partial charge in [-0.25, -0.2) is 33.3 Å². The monoisotopic (exact) mass is 659 g/mol. The highest BCUT2D eigenvalue weighted by Crippen LogP contribution is 2.43. The molecule has 3 aromatic rings. The number of amidine groups is 1. The van der Waals surface area contributed by atoms with Gasteiger partial charge in [-0.3, -0.25) is 4.99 Å². The molecule has 1 aliphatic carbocycles. The average molecular weight is 661 g/mol. The quantitative estimate of drug-likeness (QED) is 0.244. The van der Waals surface area contributed by atoms with Crippen molar-refractivity contribution in [2.75, 3.05) is 13.7 Å². The fraction of sp³-hybridized carbons (Fsp3) is 0.379. The number of nitrogens with one attached hydrogen (secondary N) is 1. The first-order valence-electron chi connectivity index (χ1n) is 13.4. The summed E-state index contributed by atoms with van der Waals surface area (Å²) in [5, 5.41) is 5.73. The first-order valence-corrected chi connectivity index (χ1v) is 15.1. The van der Waals surface area contributed by atoms with Crippen LogP contribution in [0.2, 0.25) is 0 Å². The van der Waals surface area contributed by atoms with Crippen molar-refractivity contribution in [3.63, 3.8) is 0 Å². The third-order valence-corrected chi connectivity index (χ3v) is 9.02. The Morgan fingerprint density at radius 3 is 2.52 bits per heavy atom. The Kier molecular flexibility index (Phi) is 9.07. The van der Waals surface area contributed by atoms with Gasteiger partial charge in [-0.05, 0) is 73.0 Å². The summed E-state index contributed by atoms with van der Waals surface area (Å²) < 4.78 is 38.9. The number of hydrogen-bond donors (Lipinski definition) is 1. The molecule has 13 heteroatoms. The van der Waals surface area contributed by atoms with E-state index >= 15 is 0 Å². The Balaban J connectivity index is 1.50. The summed E-state index contributed by atoms with van der Waals surface area (Å²) in [6.07, 6.45) is 6.00. The Labute approximate surface area is 253 Å². The second kappa shape index (κ2) is 12.7. The summed E-state index contributed by atoms with van der Waals surface area (Å²) in [6.45, 7) is 3.77. The van der Waals surface area contributed by atoms with E-state index in [9.17, 15) is 18.4 Å². The molecule has 1 N–H and O–H groups in total. The maximum atomic E-state index is 14.7. The van der Waals surface area contributed by atoms with Gasteiger partial charge in [0, 0.05) is 35.0 Å². The maximum absolute atomic E-state index is 14.7. The standard InChI is InChI=1S/C29H28BrF2N5O4S/c1-4-41-29(39)22-14(2)13-34-25(35-22)16-7-5-15(6-8-16)23-19(28(38)40-3)24(17-9-10-18(31)21(32)20(17)30)37-26(36-23)27-33-11-12-42-27/h9-13,15-16,24H,4-8H2,1-3H3,(H,36,37). The first-order chi connectivity index (χ1) is 20.2. The van der Waals surface area contributed by atoms with Crippen LogP contribution in [0.5, 0.6) is 0 Å². The molecule has 0 radical (unpaired) electrons. The second-order valence-corrected chi connectivity index (χ2v) is 11.6. The zero-order valence-corrected chi connectivity index (χ0v) is 25.5. The van der Waals surface area contributed by atoms with Gasteiger partial charge in [0.05, 0.1) is 23.8 Å². The molecule has 3 heterocycles. The molecule has 1 aromatic carbocycles. The van der Waals surface area contributed by atoms with Crippen molar-refractivity contribution in [1.82, 2.24) is 20.3 Å². The van der Waals surface area contributed by atoms with Crippen LogP contribution in [0.1, 0.15) is 77.0 Å². The fourth-order valence-electron chi connectivity index (χ4n) is 5.35. The molecule has 5 rings (SSSR count).